The molecule has 0 saturated heterocycles. The summed E-state index contributed by atoms with van der Waals surface area (Å²) in [6.45, 7) is 4.31. The largest absolute Gasteiger partial charge is 0.392 e. The molecule has 2 N–H and O–H groups in total. The second-order valence-electron chi connectivity index (χ2n) is 5.61. The van der Waals surface area contributed by atoms with Gasteiger partial charge in [-0.3, -0.25) is 0 Å². The predicted octanol–water partition coefficient (Wildman–Crippen LogP) is 3.34. The Labute approximate surface area is 110 Å². The van der Waals surface area contributed by atoms with Crippen molar-refractivity contribution in [2.45, 2.75) is 64.1 Å². The first-order chi connectivity index (χ1) is 8.66. The first-order valence-electron chi connectivity index (χ1n) is 7.17. The molecule has 3 atom stereocenters. The maximum Gasteiger partial charge on any atom is 0.0693 e. The van der Waals surface area contributed by atoms with Crippen molar-refractivity contribution in [1.82, 2.24) is 5.32 Å². The number of hydrogen-bond donors (Lipinski definition) is 2. The SMILES string of the molecule is Cc1cccc(C(C)NC2CCCCCC2O)c1. The van der Waals surface area contributed by atoms with E-state index in [9.17, 15) is 5.11 Å². The molecule has 1 aliphatic carbocycles. The molecule has 0 bridgehead atoms. The van der Waals surface area contributed by atoms with Crippen molar-refractivity contribution in [2.24, 2.45) is 0 Å². The lowest BCUT2D eigenvalue weighted by molar-refractivity contribution is 0.115. The van der Waals surface area contributed by atoms with Gasteiger partial charge < -0.3 is 10.4 Å². The molecule has 2 heteroatoms. The first kappa shape index (κ1) is 13.6. The van der Waals surface area contributed by atoms with E-state index < -0.39 is 0 Å². The van der Waals surface area contributed by atoms with E-state index in [0.29, 0.717) is 6.04 Å². The van der Waals surface area contributed by atoms with Crippen molar-refractivity contribution in [3.8, 4) is 0 Å². The highest BCUT2D eigenvalue weighted by atomic mass is 16.3. The molecule has 0 amide bonds. The fraction of sp³-hybridized carbons (Fsp3) is 0.625. The molecule has 0 heterocycles. The van der Waals surface area contributed by atoms with E-state index >= 15 is 0 Å². The Kier molecular flexibility index (Phi) is 4.79. The molecule has 18 heavy (non-hydrogen) atoms. The summed E-state index contributed by atoms with van der Waals surface area (Å²) < 4.78 is 0. The van der Waals surface area contributed by atoms with E-state index in [2.05, 4.69) is 43.4 Å². The van der Waals surface area contributed by atoms with E-state index in [4.69, 9.17) is 0 Å². The van der Waals surface area contributed by atoms with Crippen molar-refractivity contribution in [2.75, 3.05) is 0 Å². The van der Waals surface area contributed by atoms with Crippen LogP contribution in [-0.2, 0) is 0 Å². The molecule has 1 aromatic rings. The maximum atomic E-state index is 10.1. The van der Waals surface area contributed by atoms with Crippen molar-refractivity contribution in [1.29, 1.82) is 0 Å². The maximum absolute atomic E-state index is 10.1. The summed E-state index contributed by atoms with van der Waals surface area (Å²) in [6, 6.07) is 9.17. The number of rotatable bonds is 3. The van der Waals surface area contributed by atoms with Crippen LogP contribution in [0.15, 0.2) is 24.3 Å². The Bertz CT molecular complexity index is 377. The van der Waals surface area contributed by atoms with Crippen molar-refractivity contribution in [3.05, 3.63) is 35.4 Å². The van der Waals surface area contributed by atoms with Crippen LogP contribution < -0.4 is 5.32 Å². The number of aliphatic hydroxyl groups excluding tert-OH is 1. The number of aryl methyl sites for hydroxylation is 1. The molecule has 0 radical (unpaired) electrons. The highest BCUT2D eigenvalue weighted by molar-refractivity contribution is 5.24. The van der Waals surface area contributed by atoms with Crippen molar-refractivity contribution < 1.29 is 5.11 Å². The van der Waals surface area contributed by atoms with E-state index in [0.717, 1.165) is 19.3 Å². The number of hydrogen-bond acceptors (Lipinski definition) is 2. The average molecular weight is 247 g/mol. The van der Waals surface area contributed by atoms with Gasteiger partial charge in [0.05, 0.1) is 6.10 Å². The lowest BCUT2D eigenvalue weighted by Gasteiger charge is -2.26. The van der Waals surface area contributed by atoms with Crippen LogP contribution in [0.5, 0.6) is 0 Å². The van der Waals surface area contributed by atoms with E-state index in [-0.39, 0.29) is 12.1 Å². The summed E-state index contributed by atoms with van der Waals surface area (Å²) in [7, 11) is 0. The van der Waals surface area contributed by atoms with Gasteiger partial charge in [-0.15, -0.1) is 0 Å². The Balaban J connectivity index is 1.99. The molecule has 0 aromatic heterocycles. The Morgan fingerprint density at radius 3 is 2.78 bits per heavy atom. The lowest BCUT2D eigenvalue weighted by atomic mass is 10.0. The minimum atomic E-state index is -0.181. The molecule has 2 nitrogen and oxygen atoms in total. The summed E-state index contributed by atoms with van der Waals surface area (Å²) in [6.07, 6.45) is 5.51. The third-order valence-corrected chi connectivity index (χ3v) is 3.99. The van der Waals surface area contributed by atoms with Crippen molar-refractivity contribution in [3.63, 3.8) is 0 Å². The molecule has 3 unspecified atom stereocenters. The Morgan fingerprint density at radius 1 is 1.22 bits per heavy atom. The standard InChI is InChI=1S/C16H25NO/c1-12-7-6-8-14(11-12)13(2)17-15-9-4-3-5-10-16(15)18/h6-8,11,13,15-18H,3-5,9-10H2,1-2H3. The van der Waals surface area contributed by atoms with Crippen LogP contribution in [0.1, 0.15) is 56.2 Å². The summed E-state index contributed by atoms with van der Waals surface area (Å²) >= 11 is 0. The zero-order valence-electron chi connectivity index (χ0n) is 11.5. The Morgan fingerprint density at radius 2 is 2.00 bits per heavy atom. The minimum Gasteiger partial charge on any atom is -0.392 e. The fourth-order valence-electron chi connectivity index (χ4n) is 2.84. The molecular formula is C16H25NO. The number of benzene rings is 1. The summed E-state index contributed by atoms with van der Waals surface area (Å²) in [5.74, 6) is 0. The molecule has 1 fully saturated rings. The van der Waals surface area contributed by atoms with Crippen LogP contribution in [0.3, 0.4) is 0 Å². The predicted molar refractivity (Wildman–Crippen MR) is 75.6 cm³/mol. The highest BCUT2D eigenvalue weighted by Crippen LogP contribution is 2.22. The summed E-state index contributed by atoms with van der Waals surface area (Å²) in [5, 5.41) is 13.7. The zero-order valence-corrected chi connectivity index (χ0v) is 11.5. The van der Waals surface area contributed by atoms with Crippen LogP contribution in [0.25, 0.3) is 0 Å². The highest BCUT2D eigenvalue weighted by Gasteiger charge is 2.23. The number of nitrogens with one attached hydrogen (secondary N) is 1. The van der Waals surface area contributed by atoms with E-state index in [1.165, 1.54) is 24.0 Å². The van der Waals surface area contributed by atoms with Crippen LogP contribution in [0, 0.1) is 6.92 Å². The van der Waals surface area contributed by atoms with Gasteiger partial charge in [-0.1, -0.05) is 49.1 Å². The van der Waals surface area contributed by atoms with Gasteiger partial charge in [0, 0.05) is 12.1 Å². The van der Waals surface area contributed by atoms with Crippen LogP contribution in [0.4, 0.5) is 0 Å². The topological polar surface area (TPSA) is 32.3 Å². The second kappa shape index (κ2) is 6.35. The third kappa shape index (κ3) is 3.56. The van der Waals surface area contributed by atoms with Gasteiger partial charge in [-0.25, -0.2) is 0 Å². The first-order valence-corrected chi connectivity index (χ1v) is 7.17. The third-order valence-electron chi connectivity index (χ3n) is 3.99. The van der Waals surface area contributed by atoms with E-state index in [1.807, 2.05) is 0 Å². The molecular weight excluding hydrogens is 222 g/mol. The van der Waals surface area contributed by atoms with Crippen LogP contribution in [-0.4, -0.2) is 17.3 Å². The molecule has 2 rings (SSSR count). The average Bonchev–Trinajstić information content (AvgIpc) is 2.55. The quantitative estimate of drug-likeness (QED) is 0.803. The molecule has 1 aromatic carbocycles. The molecule has 1 aliphatic rings. The van der Waals surface area contributed by atoms with Gasteiger partial charge in [0.25, 0.3) is 0 Å². The van der Waals surface area contributed by atoms with Gasteiger partial charge in [0.2, 0.25) is 0 Å². The molecule has 0 aliphatic heterocycles. The molecule has 0 spiro atoms. The van der Waals surface area contributed by atoms with Gasteiger partial charge >= 0.3 is 0 Å². The van der Waals surface area contributed by atoms with Gasteiger partial charge in [0.15, 0.2) is 0 Å². The normalized spacial score (nSPS) is 26.6. The molecule has 100 valence electrons. The summed E-state index contributed by atoms with van der Waals surface area (Å²) in [5.41, 5.74) is 2.61. The second-order valence-corrected chi connectivity index (χ2v) is 5.61. The van der Waals surface area contributed by atoms with Crippen LogP contribution in [0.2, 0.25) is 0 Å². The summed E-state index contributed by atoms with van der Waals surface area (Å²) in [4.78, 5) is 0. The van der Waals surface area contributed by atoms with Gasteiger partial charge in [-0.05, 0) is 32.3 Å². The fourth-order valence-corrected chi connectivity index (χ4v) is 2.84. The van der Waals surface area contributed by atoms with Crippen molar-refractivity contribution >= 4 is 0 Å². The van der Waals surface area contributed by atoms with Gasteiger partial charge in [-0.2, -0.15) is 0 Å². The minimum absolute atomic E-state index is 0.181. The molecule has 1 saturated carbocycles. The number of aliphatic hydroxyl groups is 1. The Hall–Kier alpha value is -0.860. The van der Waals surface area contributed by atoms with E-state index in [1.54, 1.807) is 0 Å². The monoisotopic (exact) mass is 247 g/mol. The zero-order chi connectivity index (χ0) is 13.0. The van der Waals surface area contributed by atoms with Gasteiger partial charge in [0.1, 0.15) is 0 Å². The smallest absolute Gasteiger partial charge is 0.0693 e. The lowest BCUT2D eigenvalue weighted by Crippen LogP contribution is -2.40. The van der Waals surface area contributed by atoms with Crippen LogP contribution >= 0.6 is 0 Å².